The van der Waals surface area contributed by atoms with E-state index in [2.05, 4.69) is 5.32 Å². The van der Waals surface area contributed by atoms with Gasteiger partial charge in [-0.25, -0.2) is 18.4 Å². The van der Waals surface area contributed by atoms with Crippen molar-refractivity contribution in [3.05, 3.63) is 34.3 Å². The van der Waals surface area contributed by atoms with Crippen LogP contribution in [0, 0.1) is 0 Å². The summed E-state index contributed by atoms with van der Waals surface area (Å²) >= 11 is 11.4. The van der Waals surface area contributed by atoms with Crippen molar-refractivity contribution in [1.29, 1.82) is 0 Å². The molecule has 1 aliphatic rings. The number of rotatable bonds is 3. The van der Waals surface area contributed by atoms with Gasteiger partial charge in [-0.3, -0.25) is 0 Å². The Bertz CT molecular complexity index is 655. The number of hydrogen-bond donors (Lipinski definition) is 2. The van der Waals surface area contributed by atoms with Gasteiger partial charge in [0.1, 0.15) is 10.1 Å². The first-order valence-electron chi connectivity index (χ1n) is 4.94. The summed E-state index contributed by atoms with van der Waals surface area (Å²) in [5.74, 6) is -0.717. The molecule has 1 atom stereocenters. The lowest BCUT2D eigenvalue weighted by atomic mass is 10.3. The van der Waals surface area contributed by atoms with Gasteiger partial charge in [0.15, 0.2) is 0 Å². The highest BCUT2D eigenvalue weighted by Crippen LogP contribution is 2.29. The molecule has 19 heavy (non-hydrogen) atoms. The van der Waals surface area contributed by atoms with Crippen LogP contribution in [0.25, 0.3) is 0 Å². The van der Waals surface area contributed by atoms with Crippen LogP contribution in [0.15, 0.2) is 39.2 Å². The van der Waals surface area contributed by atoms with Gasteiger partial charge in [-0.15, -0.1) is 0 Å². The van der Waals surface area contributed by atoms with Crippen molar-refractivity contribution >= 4 is 44.9 Å². The Balaban J connectivity index is 2.16. The maximum Gasteiger partial charge on any atom is 0.353 e. The molecule has 0 radical (unpaired) electrons. The summed E-state index contributed by atoms with van der Waals surface area (Å²) in [6.07, 6.45) is -0.887. The molecular weight excluding hydrogens is 315 g/mol. The molecule has 9 heteroatoms. The molecule has 6 nitrogen and oxygen atoms in total. The van der Waals surface area contributed by atoms with Gasteiger partial charge in [-0.05, 0) is 24.3 Å². The number of sulfonamides is 1. The van der Waals surface area contributed by atoms with E-state index in [1.54, 1.807) is 0 Å². The Kier molecular flexibility index (Phi) is 3.73. The van der Waals surface area contributed by atoms with Crippen LogP contribution in [0.1, 0.15) is 0 Å². The van der Waals surface area contributed by atoms with E-state index in [9.17, 15) is 13.2 Å². The first-order chi connectivity index (χ1) is 8.79. The second-order valence-corrected chi connectivity index (χ2v) is 6.01. The summed E-state index contributed by atoms with van der Waals surface area (Å²) < 4.78 is 27.0. The zero-order valence-corrected chi connectivity index (χ0v) is 11.6. The predicted molar refractivity (Wildman–Crippen MR) is 70.0 cm³/mol. The monoisotopic (exact) mass is 322 g/mol. The summed E-state index contributed by atoms with van der Waals surface area (Å²) in [6, 6.07) is 5.55. The van der Waals surface area contributed by atoms with Gasteiger partial charge in [0.2, 0.25) is 16.3 Å². The van der Waals surface area contributed by atoms with E-state index in [1.807, 2.05) is 0 Å². The first kappa shape index (κ1) is 14.1. The minimum Gasteiger partial charge on any atom is -0.432 e. The number of primary sulfonamides is 1. The Hall–Kier alpha value is -1.28. The summed E-state index contributed by atoms with van der Waals surface area (Å²) in [6.45, 7) is 0. The normalized spacial score (nSPS) is 19.5. The minimum absolute atomic E-state index is 0.0267. The van der Waals surface area contributed by atoms with Crippen molar-refractivity contribution < 1.29 is 17.9 Å². The third kappa shape index (κ3) is 3.01. The van der Waals surface area contributed by atoms with Crippen molar-refractivity contribution in [3.63, 3.8) is 0 Å². The van der Waals surface area contributed by atoms with Gasteiger partial charge in [0.05, 0.1) is 4.90 Å². The largest absolute Gasteiger partial charge is 0.432 e. The third-order valence-electron chi connectivity index (χ3n) is 2.32. The van der Waals surface area contributed by atoms with Gasteiger partial charge in [-0.1, -0.05) is 23.2 Å². The number of anilines is 1. The number of nitrogens with two attached hydrogens (primary N) is 1. The number of carbonyl (C=O) groups is 1. The second kappa shape index (κ2) is 5.01. The number of nitrogens with one attached hydrogen (secondary N) is 1. The average Bonchev–Trinajstić information content (AvgIpc) is 2.57. The molecule has 1 aromatic rings. The van der Waals surface area contributed by atoms with E-state index >= 15 is 0 Å². The van der Waals surface area contributed by atoms with Crippen LogP contribution in [-0.2, 0) is 19.6 Å². The topological polar surface area (TPSA) is 98.5 Å². The fraction of sp³-hybridized carbons (Fsp3) is 0.100. The predicted octanol–water partition coefficient (Wildman–Crippen LogP) is 1.32. The molecule has 1 unspecified atom stereocenters. The van der Waals surface area contributed by atoms with Gasteiger partial charge in [0, 0.05) is 5.69 Å². The van der Waals surface area contributed by atoms with Crippen LogP contribution in [0.2, 0.25) is 0 Å². The lowest BCUT2D eigenvalue weighted by Gasteiger charge is -2.13. The Morgan fingerprint density at radius 1 is 1.21 bits per heavy atom. The average molecular weight is 323 g/mol. The van der Waals surface area contributed by atoms with Crippen molar-refractivity contribution in [1.82, 2.24) is 0 Å². The number of cyclic esters (lactones) is 1. The molecule has 1 heterocycles. The van der Waals surface area contributed by atoms with E-state index in [4.69, 9.17) is 33.1 Å². The first-order valence-corrected chi connectivity index (χ1v) is 7.25. The van der Waals surface area contributed by atoms with E-state index in [1.165, 1.54) is 24.3 Å². The zero-order chi connectivity index (χ0) is 14.2. The van der Waals surface area contributed by atoms with Crippen LogP contribution < -0.4 is 10.5 Å². The number of ether oxygens (including phenoxy) is 1. The maximum atomic E-state index is 11.1. The quantitative estimate of drug-likeness (QED) is 0.818. The van der Waals surface area contributed by atoms with Crippen LogP contribution in [0.4, 0.5) is 5.69 Å². The van der Waals surface area contributed by atoms with Crippen molar-refractivity contribution in [2.24, 2.45) is 5.14 Å². The van der Waals surface area contributed by atoms with Crippen LogP contribution in [0.5, 0.6) is 0 Å². The molecule has 0 saturated carbocycles. The summed E-state index contributed by atoms with van der Waals surface area (Å²) in [7, 11) is -3.74. The Morgan fingerprint density at radius 3 is 2.21 bits per heavy atom. The van der Waals surface area contributed by atoms with E-state index in [-0.39, 0.29) is 15.0 Å². The molecule has 102 valence electrons. The molecule has 1 aromatic carbocycles. The van der Waals surface area contributed by atoms with Gasteiger partial charge < -0.3 is 10.1 Å². The molecule has 0 spiro atoms. The molecule has 1 aliphatic heterocycles. The summed E-state index contributed by atoms with van der Waals surface area (Å²) in [4.78, 5) is 11.1. The van der Waals surface area contributed by atoms with Crippen molar-refractivity contribution in [2.45, 2.75) is 11.1 Å². The van der Waals surface area contributed by atoms with E-state index < -0.39 is 22.2 Å². The second-order valence-electron chi connectivity index (χ2n) is 3.66. The van der Waals surface area contributed by atoms with Crippen molar-refractivity contribution in [3.8, 4) is 0 Å². The molecule has 0 amide bonds. The molecule has 0 fully saturated rings. The Labute approximate surface area is 119 Å². The highest BCUT2D eigenvalue weighted by atomic mass is 35.5. The van der Waals surface area contributed by atoms with E-state index in [0.29, 0.717) is 5.69 Å². The summed E-state index contributed by atoms with van der Waals surface area (Å²) in [5, 5.41) is 7.61. The zero-order valence-electron chi connectivity index (χ0n) is 9.26. The van der Waals surface area contributed by atoms with Crippen LogP contribution in [-0.4, -0.2) is 20.6 Å². The van der Waals surface area contributed by atoms with E-state index in [0.717, 1.165) is 0 Å². The molecular formula is C10H8Cl2N2O4S. The standard InChI is InChI=1S/C10H8Cl2N2O4S/c11-7-8(12)10(15)18-9(7)14-5-1-3-6(4-2-5)19(13,16)17/h1-4,9,14H,(H2,13,16,17). The minimum atomic E-state index is -3.74. The fourth-order valence-corrected chi connectivity index (χ4v) is 2.24. The smallest absolute Gasteiger partial charge is 0.353 e. The number of benzene rings is 1. The van der Waals surface area contributed by atoms with Crippen LogP contribution in [0.3, 0.4) is 0 Å². The van der Waals surface area contributed by atoms with Gasteiger partial charge in [0.25, 0.3) is 0 Å². The lowest BCUT2D eigenvalue weighted by Crippen LogP contribution is -2.20. The van der Waals surface area contributed by atoms with Crippen LogP contribution >= 0.6 is 23.2 Å². The number of halogens is 2. The summed E-state index contributed by atoms with van der Waals surface area (Å²) in [5.41, 5.74) is 0.495. The molecule has 0 aromatic heterocycles. The molecule has 0 saturated heterocycles. The number of hydrogen-bond acceptors (Lipinski definition) is 5. The fourth-order valence-electron chi connectivity index (χ4n) is 1.41. The highest BCUT2D eigenvalue weighted by Gasteiger charge is 2.32. The molecule has 3 N–H and O–H groups in total. The number of carbonyl (C=O) groups excluding carboxylic acids is 1. The molecule has 0 bridgehead atoms. The highest BCUT2D eigenvalue weighted by molar-refractivity contribution is 7.89. The molecule has 0 aliphatic carbocycles. The van der Waals surface area contributed by atoms with Gasteiger partial charge in [-0.2, -0.15) is 0 Å². The Morgan fingerprint density at radius 2 is 1.79 bits per heavy atom. The SMILES string of the molecule is NS(=O)(=O)c1ccc(NC2OC(=O)C(Cl)=C2Cl)cc1. The lowest BCUT2D eigenvalue weighted by molar-refractivity contribution is -0.138. The number of esters is 1. The molecule has 2 rings (SSSR count). The van der Waals surface area contributed by atoms with Gasteiger partial charge >= 0.3 is 5.97 Å². The van der Waals surface area contributed by atoms with Crippen molar-refractivity contribution in [2.75, 3.05) is 5.32 Å². The maximum absolute atomic E-state index is 11.1. The third-order valence-corrected chi connectivity index (χ3v) is 4.10.